The molecule has 1 aliphatic heterocycles. The molecule has 3 aromatic carbocycles. The lowest BCUT2D eigenvalue weighted by molar-refractivity contribution is -0.113. The van der Waals surface area contributed by atoms with Gasteiger partial charge in [-0.25, -0.2) is 4.98 Å². The van der Waals surface area contributed by atoms with E-state index < -0.39 is 0 Å². The fraction of sp³-hybridized carbons (Fsp3) is 0.207. The number of anilines is 2. The van der Waals surface area contributed by atoms with Crippen LogP contribution in [0.1, 0.15) is 15.9 Å². The summed E-state index contributed by atoms with van der Waals surface area (Å²) in [6.45, 7) is 4.78. The summed E-state index contributed by atoms with van der Waals surface area (Å²) < 4.78 is 0.873. The van der Waals surface area contributed by atoms with E-state index in [0.717, 1.165) is 40.1 Å². The molecule has 2 amide bonds. The van der Waals surface area contributed by atoms with Crippen LogP contribution >= 0.6 is 34.7 Å². The second-order valence-corrected chi connectivity index (χ2v) is 11.5. The van der Waals surface area contributed by atoms with Crippen LogP contribution in [0.3, 0.4) is 0 Å². The average Bonchev–Trinajstić information content (AvgIpc) is 3.42. The fourth-order valence-electron chi connectivity index (χ4n) is 4.23. The zero-order chi connectivity index (χ0) is 26.5. The Morgan fingerprint density at radius 3 is 2.39 bits per heavy atom. The van der Waals surface area contributed by atoms with Gasteiger partial charge in [-0.05, 0) is 43.3 Å². The van der Waals surface area contributed by atoms with Crippen LogP contribution in [-0.4, -0.2) is 53.6 Å². The Balaban J connectivity index is 1.09. The van der Waals surface area contributed by atoms with E-state index in [0.29, 0.717) is 29.4 Å². The second-order valence-electron chi connectivity index (χ2n) is 9.01. The van der Waals surface area contributed by atoms with Gasteiger partial charge in [0.1, 0.15) is 0 Å². The molecule has 9 heteroatoms. The quantitative estimate of drug-likeness (QED) is 0.262. The van der Waals surface area contributed by atoms with Gasteiger partial charge in [0, 0.05) is 48.5 Å². The highest BCUT2D eigenvalue weighted by Gasteiger charge is 2.23. The monoisotopic (exact) mass is 562 g/mol. The number of amides is 2. The van der Waals surface area contributed by atoms with Crippen LogP contribution in [0.2, 0.25) is 5.02 Å². The van der Waals surface area contributed by atoms with Crippen molar-refractivity contribution in [2.24, 2.45) is 0 Å². The third-order valence-corrected chi connectivity index (χ3v) is 8.70. The minimum Gasteiger partial charge on any atom is -0.368 e. The molecule has 0 radical (unpaired) electrons. The third-order valence-electron chi connectivity index (χ3n) is 6.34. The summed E-state index contributed by atoms with van der Waals surface area (Å²) in [4.78, 5) is 34.1. The van der Waals surface area contributed by atoms with Crippen molar-refractivity contribution in [1.29, 1.82) is 0 Å². The summed E-state index contributed by atoms with van der Waals surface area (Å²) >= 11 is 9.19. The van der Waals surface area contributed by atoms with Gasteiger partial charge in [-0.15, -0.1) is 11.3 Å². The summed E-state index contributed by atoms with van der Waals surface area (Å²) in [6.07, 6.45) is 0. The Hall–Kier alpha value is -3.33. The molecule has 0 spiro atoms. The number of rotatable bonds is 7. The van der Waals surface area contributed by atoms with Crippen molar-refractivity contribution in [3.8, 4) is 11.3 Å². The number of aryl methyl sites for hydroxylation is 1. The maximum atomic E-state index is 12.8. The molecule has 4 aromatic rings. The van der Waals surface area contributed by atoms with Crippen LogP contribution in [-0.2, 0) is 4.79 Å². The highest BCUT2D eigenvalue weighted by atomic mass is 35.5. The molecule has 5 rings (SSSR count). The lowest BCUT2D eigenvalue weighted by Gasteiger charge is -2.36. The summed E-state index contributed by atoms with van der Waals surface area (Å²) in [5, 5.41) is 5.47. The molecule has 1 saturated heterocycles. The number of thioether (sulfide) groups is 1. The number of nitrogens with zero attached hydrogens (tertiary/aromatic N) is 3. The number of piperazine rings is 1. The predicted octanol–water partition coefficient (Wildman–Crippen LogP) is 6.47. The van der Waals surface area contributed by atoms with Crippen molar-refractivity contribution in [1.82, 2.24) is 9.88 Å². The molecule has 0 atom stereocenters. The van der Waals surface area contributed by atoms with Crippen LogP contribution in [0.15, 0.2) is 82.5 Å². The molecule has 1 aliphatic rings. The Kier molecular flexibility index (Phi) is 8.32. The molecule has 2 heterocycles. The van der Waals surface area contributed by atoms with Crippen molar-refractivity contribution in [3.05, 3.63) is 94.3 Å². The molecule has 6 nitrogen and oxygen atoms in total. The van der Waals surface area contributed by atoms with Gasteiger partial charge in [0.15, 0.2) is 4.34 Å². The summed E-state index contributed by atoms with van der Waals surface area (Å²) in [7, 11) is 0. The van der Waals surface area contributed by atoms with E-state index in [-0.39, 0.29) is 11.8 Å². The maximum Gasteiger partial charge on any atom is 0.255 e. The number of benzene rings is 3. The number of hydrogen-bond donors (Lipinski definition) is 1. The van der Waals surface area contributed by atoms with Crippen LogP contribution in [0.5, 0.6) is 0 Å². The third kappa shape index (κ3) is 6.38. The highest BCUT2D eigenvalue weighted by Crippen LogP contribution is 2.29. The van der Waals surface area contributed by atoms with E-state index in [2.05, 4.69) is 46.4 Å². The first-order valence-corrected chi connectivity index (χ1v) is 14.5. The average molecular weight is 563 g/mol. The molecule has 1 N–H and O–H groups in total. The fourth-order valence-corrected chi connectivity index (χ4v) is 6.08. The molecule has 38 heavy (non-hydrogen) atoms. The van der Waals surface area contributed by atoms with Crippen LogP contribution in [0, 0.1) is 6.92 Å². The van der Waals surface area contributed by atoms with Gasteiger partial charge >= 0.3 is 0 Å². The van der Waals surface area contributed by atoms with Gasteiger partial charge < -0.3 is 15.1 Å². The Morgan fingerprint density at radius 1 is 0.974 bits per heavy atom. The number of hydrogen-bond acceptors (Lipinski definition) is 6. The molecule has 0 unspecified atom stereocenters. The molecular weight excluding hydrogens is 536 g/mol. The van der Waals surface area contributed by atoms with E-state index in [9.17, 15) is 9.59 Å². The van der Waals surface area contributed by atoms with Crippen molar-refractivity contribution >= 4 is 57.9 Å². The van der Waals surface area contributed by atoms with E-state index in [1.807, 2.05) is 46.7 Å². The Bertz CT molecular complexity index is 1420. The number of nitrogens with one attached hydrogen (secondary N) is 1. The SMILES string of the molecule is Cc1ccc(-c2csc(SCC(=O)Nc3ccc(N4CCN(C(=O)c5ccccc5Cl)CC4)cc3)n2)cc1. The van der Waals surface area contributed by atoms with E-state index >= 15 is 0 Å². The smallest absolute Gasteiger partial charge is 0.255 e. The normalized spacial score (nSPS) is 13.4. The zero-order valence-electron chi connectivity index (χ0n) is 20.9. The molecule has 1 fully saturated rings. The maximum absolute atomic E-state index is 12.8. The summed E-state index contributed by atoms with van der Waals surface area (Å²) in [6, 6.07) is 23.3. The van der Waals surface area contributed by atoms with Gasteiger partial charge in [0.2, 0.25) is 5.91 Å². The zero-order valence-corrected chi connectivity index (χ0v) is 23.3. The van der Waals surface area contributed by atoms with Gasteiger partial charge in [0.05, 0.1) is 22.0 Å². The van der Waals surface area contributed by atoms with Gasteiger partial charge in [-0.3, -0.25) is 9.59 Å². The molecule has 194 valence electrons. The Morgan fingerprint density at radius 2 is 1.68 bits per heavy atom. The highest BCUT2D eigenvalue weighted by molar-refractivity contribution is 8.01. The van der Waals surface area contributed by atoms with Gasteiger partial charge in [-0.1, -0.05) is 65.3 Å². The number of aromatic nitrogens is 1. The largest absolute Gasteiger partial charge is 0.368 e. The predicted molar refractivity (Wildman–Crippen MR) is 158 cm³/mol. The minimum atomic E-state index is -0.0680. The molecule has 0 bridgehead atoms. The summed E-state index contributed by atoms with van der Waals surface area (Å²) in [5.74, 6) is 0.196. The first-order valence-electron chi connectivity index (χ1n) is 12.3. The number of carbonyl (C=O) groups excluding carboxylic acids is 2. The summed E-state index contributed by atoms with van der Waals surface area (Å²) in [5.41, 5.74) is 5.59. The Labute approximate surface area is 235 Å². The van der Waals surface area contributed by atoms with Crippen molar-refractivity contribution in [2.75, 3.05) is 42.1 Å². The number of halogens is 1. The van der Waals surface area contributed by atoms with E-state index in [1.54, 1.807) is 23.5 Å². The van der Waals surface area contributed by atoms with Gasteiger partial charge in [0.25, 0.3) is 5.91 Å². The standard InChI is InChI=1S/C29H27ClN4O2S2/c1-20-6-8-21(9-7-20)26-18-37-29(32-26)38-19-27(35)31-22-10-12-23(13-11-22)33-14-16-34(17-15-33)28(36)24-4-2-3-5-25(24)30/h2-13,18H,14-17,19H2,1H3,(H,31,35). The van der Waals surface area contributed by atoms with Crippen molar-refractivity contribution < 1.29 is 9.59 Å². The van der Waals surface area contributed by atoms with Crippen molar-refractivity contribution in [3.63, 3.8) is 0 Å². The topological polar surface area (TPSA) is 65.5 Å². The first kappa shape index (κ1) is 26.3. The molecule has 0 aliphatic carbocycles. The van der Waals surface area contributed by atoms with Crippen LogP contribution < -0.4 is 10.2 Å². The first-order chi connectivity index (χ1) is 18.5. The molecule has 0 saturated carbocycles. The molecular formula is C29H27ClN4O2S2. The van der Waals surface area contributed by atoms with Crippen LogP contribution in [0.25, 0.3) is 11.3 Å². The van der Waals surface area contributed by atoms with Crippen LogP contribution in [0.4, 0.5) is 11.4 Å². The second kappa shape index (κ2) is 12.0. The van der Waals surface area contributed by atoms with E-state index in [1.165, 1.54) is 17.3 Å². The van der Waals surface area contributed by atoms with Gasteiger partial charge in [-0.2, -0.15) is 0 Å². The minimum absolute atomic E-state index is 0.0321. The van der Waals surface area contributed by atoms with Crippen molar-refractivity contribution in [2.45, 2.75) is 11.3 Å². The molecule has 1 aromatic heterocycles. The number of thiazole rings is 1. The van der Waals surface area contributed by atoms with E-state index in [4.69, 9.17) is 11.6 Å². The lowest BCUT2D eigenvalue weighted by atomic mass is 10.1. The lowest BCUT2D eigenvalue weighted by Crippen LogP contribution is -2.48. The number of carbonyl (C=O) groups is 2.